The van der Waals surface area contributed by atoms with E-state index in [0.29, 0.717) is 24.8 Å². The lowest BCUT2D eigenvalue weighted by Crippen LogP contribution is -2.13. The van der Waals surface area contributed by atoms with Crippen molar-refractivity contribution in [2.45, 2.75) is 20.0 Å². The van der Waals surface area contributed by atoms with E-state index in [2.05, 4.69) is 25.4 Å². The molecule has 3 heterocycles. The number of aromatic nitrogens is 4. The van der Waals surface area contributed by atoms with Crippen LogP contribution < -0.4 is 5.32 Å². The monoisotopic (exact) mass is 287 g/mol. The molecule has 3 aromatic heterocycles. The fourth-order valence-electron chi connectivity index (χ4n) is 1.71. The van der Waals surface area contributed by atoms with Gasteiger partial charge < -0.3 is 9.84 Å². The minimum Gasteiger partial charge on any atom is -0.340 e. The zero-order valence-corrected chi connectivity index (χ0v) is 11.7. The van der Waals surface area contributed by atoms with Gasteiger partial charge in [-0.1, -0.05) is 11.2 Å². The molecule has 102 valence electrons. The highest BCUT2D eigenvalue weighted by atomic mass is 32.1. The van der Waals surface area contributed by atoms with Crippen molar-refractivity contribution >= 4 is 11.3 Å². The lowest BCUT2D eigenvalue weighted by Gasteiger charge is -1.97. The molecule has 0 aliphatic carbocycles. The number of nitrogens with zero attached hydrogens (tertiary/aromatic N) is 4. The third kappa shape index (κ3) is 3.06. The number of hydrogen-bond donors (Lipinski definition) is 1. The van der Waals surface area contributed by atoms with E-state index in [0.717, 1.165) is 16.4 Å². The van der Waals surface area contributed by atoms with Crippen molar-refractivity contribution in [2.24, 2.45) is 0 Å². The number of rotatable bonds is 5. The van der Waals surface area contributed by atoms with Gasteiger partial charge in [-0.05, 0) is 12.1 Å². The average Bonchev–Trinajstić information content (AvgIpc) is 3.09. The maximum Gasteiger partial charge on any atom is 0.223 e. The molecule has 0 atom stereocenters. The predicted molar refractivity (Wildman–Crippen MR) is 74.9 cm³/mol. The molecule has 0 saturated carbocycles. The van der Waals surface area contributed by atoms with Crippen LogP contribution in [0.5, 0.6) is 0 Å². The van der Waals surface area contributed by atoms with Gasteiger partial charge in [0.15, 0.2) is 5.82 Å². The van der Waals surface area contributed by atoms with Crippen molar-refractivity contribution in [3.63, 3.8) is 0 Å². The Bertz CT molecular complexity index is 679. The van der Waals surface area contributed by atoms with Gasteiger partial charge in [0, 0.05) is 25.0 Å². The van der Waals surface area contributed by atoms with Crippen molar-refractivity contribution in [1.82, 2.24) is 25.4 Å². The predicted octanol–water partition coefficient (Wildman–Crippen LogP) is 2.19. The van der Waals surface area contributed by atoms with Gasteiger partial charge in [-0.3, -0.25) is 4.98 Å². The number of hydrogen-bond acceptors (Lipinski definition) is 7. The molecule has 0 fully saturated rings. The van der Waals surface area contributed by atoms with E-state index in [4.69, 9.17) is 4.52 Å². The summed E-state index contributed by atoms with van der Waals surface area (Å²) in [6, 6.07) is 5.81. The van der Waals surface area contributed by atoms with Crippen LogP contribution in [0.1, 0.15) is 17.4 Å². The van der Waals surface area contributed by atoms with Crippen molar-refractivity contribution in [2.75, 3.05) is 0 Å². The first kappa shape index (κ1) is 12.9. The normalized spacial score (nSPS) is 10.8. The number of aryl methyl sites for hydroxylation is 1. The number of thiazole rings is 1. The SMILES string of the molecule is Cc1nc(CNCc2csc(-c3ccccn3)n2)no1. The summed E-state index contributed by atoms with van der Waals surface area (Å²) < 4.78 is 4.91. The van der Waals surface area contributed by atoms with Gasteiger partial charge in [-0.2, -0.15) is 4.98 Å². The smallest absolute Gasteiger partial charge is 0.223 e. The van der Waals surface area contributed by atoms with E-state index in [1.54, 1.807) is 24.5 Å². The van der Waals surface area contributed by atoms with Gasteiger partial charge in [0.25, 0.3) is 0 Å². The van der Waals surface area contributed by atoms with Gasteiger partial charge in [0.1, 0.15) is 5.01 Å². The van der Waals surface area contributed by atoms with Crippen molar-refractivity contribution in [3.05, 3.63) is 47.2 Å². The second-order valence-corrected chi connectivity index (χ2v) is 5.05. The van der Waals surface area contributed by atoms with E-state index < -0.39 is 0 Å². The van der Waals surface area contributed by atoms with E-state index in [-0.39, 0.29) is 0 Å². The first-order valence-corrected chi connectivity index (χ1v) is 7.05. The maximum atomic E-state index is 4.91. The van der Waals surface area contributed by atoms with Crippen LogP contribution in [0.25, 0.3) is 10.7 Å². The highest BCUT2D eigenvalue weighted by Gasteiger charge is 2.06. The molecule has 0 aliphatic heterocycles. The summed E-state index contributed by atoms with van der Waals surface area (Å²) >= 11 is 1.59. The zero-order chi connectivity index (χ0) is 13.8. The molecule has 3 rings (SSSR count). The standard InChI is InChI=1S/C13H13N5OS/c1-9-16-12(18-19-9)7-14-6-10-8-20-13(17-10)11-4-2-3-5-15-11/h2-5,8,14H,6-7H2,1H3. The highest BCUT2D eigenvalue weighted by Crippen LogP contribution is 2.21. The molecular formula is C13H13N5OS. The summed E-state index contributed by atoms with van der Waals surface area (Å²) in [5.74, 6) is 1.23. The lowest BCUT2D eigenvalue weighted by atomic mass is 10.3. The zero-order valence-electron chi connectivity index (χ0n) is 10.9. The quantitative estimate of drug-likeness (QED) is 0.775. The van der Waals surface area contributed by atoms with Crippen LogP contribution in [0.3, 0.4) is 0 Å². The molecule has 0 aromatic carbocycles. The molecule has 0 saturated heterocycles. The third-order valence-corrected chi connectivity index (χ3v) is 3.51. The molecule has 1 N–H and O–H groups in total. The van der Waals surface area contributed by atoms with Crippen LogP contribution in [0.4, 0.5) is 0 Å². The van der Waals surface area contributed by atoms with Crippen LogP contribution in [-0.2, 0) is 13.1 Å². The summed E-state index contributed by atoms with van der Waals surface area (Å²) in [4.78, 5) is 13.0. The Morgan fingerprint density at radius 2 is 2.20 bits per heavy atom. The van der Waals surface area contributed by atoms with Gasteiger partial charge in [0.05, 0.1) is 17.9 Å². The Morgan fingerprint density at radius 1 is 1.25 bits per heavy atom. The highest BCUT2D eigenvalue weighted by molar-refractivity contribution is 7.13. The van der Waals surface area contributed by atoms with Gasteiger partial charge in [0.2, 0.25) is 5.89 Å². The van der Waals surface area contributed by atoms with E-state index >= 15 is 0 Å². The molecule has 3 aromatic rings. The second kappa shape index (κ2) is 5.89. The molecule has 0 spiro atoms. The fraction of sp³-hybridized carbons (Fsp3) is 0.231. The Balaban J connectivity index is 1.58. The maximum absolute atomic E-state index is 4.91. The second-order valence-electron chi connectivity index (χ2n) is 4.19. The summed E-state index contributed by atoms with van der Waals surface area (Å²) in [7, 11) is 0. The molecule has 0 amide bonds. The Labute approximate surface area is 119 Å². The number of nitrogens with one attached hydrogen (secondary N) is 1. The van der Waals surface area contributed by atoms with Gasteiger partial charge in [-0.15, -0.1) is 11.3 Å². The van der Waals surface area contributed by atoms with Crippen LogP contribution in [-0.4, -0.2) is 20.1 Å². The van der Waals surface area contributed by atoms with E-state index in [1.807, 2.05) is 23.6 Å². The summed E-state index contributed by atoms with van der Waals surface area (Å²) in [6.45, 7) is 3.00. The summed E-state index contributed by atoms with van der Waals surface area (Å²) in [5, 5.41) is 10.0. The van der Waals surface area contributed by atoms with Crippen molar-refractivity contribution < 1.29 is 4.52 Å². The molecule has 0 radical (unpaired) electrons. The molecule has 0 aliphatic rings. The van der Waals surface area contributed by atoms with E-state index in [1.165, 1.54) is 0 Å². The minimum atomic E-state index is 0.563. The van der Waals surface area contributed by atoms with Crippen molar-refractivity contribution in [3.8, 4) is 10.7 Å². The largest absolute Gasteiger partial charge is 0.340 e. The van der Waals surface area contributed by atoms with Crippen LogP contribution in [0.2, 0.25) is 0 Å². The first-order chi connectivity index (χ1) is 9.81. The molecule has 0 unspecified atom stereocenters. The third-order valence-electron chi connectivity index (χ3n) is 2.59. The van der Waals surface area contributed by atoms with Gasteiger partial charge >= 0.3 is 0 Å². The lowest BCUT2D eigenvalue weighted by molar-refractivity contribution is 0.385. The topological polar surface area (TPSA) is 76.7 Å². The Hall–Kier alpha value is -2.12. The average molecular weight is 287 g/mol. The molecular weight excluding hydrogens is 274 g/mol. The molecule has 7 heteroatoms. The van der Waals surface area contributed by atoms with Crippen LogP contribution in [0, 0.1) is 6.92 Å². The summed E-state index contributed by atoms with van der Waals surface area (Å²) in [5.41, 5.74) is 1.88. The molecule has 6 nitrogen and oxygen atoms in total. The molecule has 0 bridgehead atoms. The van der Waals surface area contributed by atoms with Crippen LogP contribution in [0.15, 0.2) is 34.3 Å². The first-order valence-electron chi connectivity index (χ1n) is 6.17. The summed E-state index contributed by atoms with van der Waals surface area (Å²) in [6.07, 6.45) is 1.77. The minimum absolute atomic E-state index is 0.563. The Kier molecular flexibility index (Phi) is 3.80. The van der Waals surface area contributed by atoms with E-state index in [9.17, 15) is 0 Å². The Morgan fingerprint density at radius 3 is 2.95 bits per heavy atom. The van der Waals surface area contributed by atoms with Crippen LogP contribution >= 0.6 is 11.3 Å². The van der Waals surface area contributed by atoms with Gasteiger partial charge in [-0.25, -0.2) is 4.98 Å². The number of pyridine rings is 1. The molecule has 20 heavy (non-hydrogen) atoms. The van der Waals surface area contributed by atoms with Crippen molar-refractivity contribution in [1.29, 1.82) is 0 Å². The fourth-order valence-corrected chi connectivity index (χ4v) is 2.51.